The maximum absolute atomic E-state index is 12.5. The van der Waals surface area contributed by atoms with Crippen LogP contribution in [0.1, 0.15) is 23.4 Å². The summed E-state index contributed by atoms with van der Waals surface area (Å²) in [6.07, 6.45) is 1.16. The number of anilines is 1. The summed E-state index contributed by atoms with van der Waals surface area (Å²) in [7, 11) is 1.68. The van der Waals surface area contributed by atoms with Crippen LogP contribution in [0.15, 0.2) is 24.3 Å². The van der Waals surface area contributed by atoms with Crippen LogP contribution in [0.25, 0.3) is 0 Å². The first kappa shape index (κ1) is 20.7. The standard InChI is InChI=1S/C20H28N4O3S/c1-16-3-5-17(6-4-16)15-18-21-20(28-22-18)24(9-12-26-2)8-7-19(25)23-10-13-27-14-11-23/h3-6H,7-15H2,1-2H3. The summed E-state index contributed by atoms with van der Waals surface area (Å²) in [5.41, 5.74) is 2.44. The number of hydrogen-bond donors (Lipinski definition) is 0. The number of nitrogens with zero attached hydrogens (tertiary/aromatic N) is 4. The van der Waals surface area contributed by atoms with E-state index in [-0.39, 0.29) is 5.91 Å². The minimum Gasteiger partial charge on any atom is -0.383 e. The highest BCUT2D eigenvalue weighted by Crippen LogP contribution is 2.20. The topological polar surface area (TPSA) is 67.8 Å². The average Bonchev–Trinajstić information content (AvgIpc) is 3.18. The van der Waals surface area contributed by atoms with Crippen LogP contribution in [0.4, 0.5) is 5.13 Å². The van der Waals surface area contributed by atoms with Crippen molar-refractivity contribution in [1.29, 1.82) is 0 Å². The van der Waals surface area contributed by atoms with E-state index in [1.807, 2.05) is 4.90 Å². The van der Waals surface area contributed by atoms with Crippen LogP contribution < -0.4 is 4.90 Å². The van der Waals surface area contributed by atoms with Gasteiger partial charge in [0.1, 0.15) is 5.82 Å². The summed E-state index contributed by atoms with van der Waals surface area (Å²) >= 11 is 1.38. The number of methoxy groups -OCH3 is 1. The van der Waals surface area contributed by atoms with Gasteiger partial charge in [0.2, 0.25) is 11.0 Å². The van der Waals surface area contributed by atoms with Crippen molar-refractivity contribution in [1.82, 2.24) is 14.3 Å². The Hall–Kier alpha value is -2.03. The molecule has 1 aliphatic heterocycles. The fourth-order valence-electron chi connectivity index (χ4n) is 3.04. The molecule has 1 saturated heterocycles. The fourth-order valence-corrected chi connectivity index (χ4v) is 3.78. The molecule has 152 valence electrons. The van der Waals surface area contributed by atoms with Gasteiger partial charge in [-0.2, -0.15) is 4.37 Å². The van der Waals surface area contributed by atoms with Crippen molar-refractivity contribution in [3.8, 4) is 0 Å². The second kappa shape index (κ2) is 10.5. The first-order valence-corrected chi connectivity index (χ1v) is 10.4. The maximum atomic E-state index is 12.5. The van der Waals surface area contributed by atoms with E-state index in [0.717, 1.165) is 11.0 Å². The van der Waals surface area contributed by atoms with E-state index in [1.54, 1.807) is 7.11 Å². The Morgan fingerprint density at radius 3 is 2.71 bits per heavy atom. The van der Waals surface area contributed by atoms with Crippen LogP contribution >= 0.6 is 11.5 Å². The molecular formula is C20H28N4O3S. The first-order valence-electron chi connectivity index (χ1n) is 9.63. The van der Waals surface area contributed by atoms with E-state index < -0.39 is 0 Å². The summed E-state index contributed by atoms with van der Waals surface area (Å²) < 4.78 is 15.1. The Labute approximate surface area is 170 Å². The van der Waals surface area contributed by atoms with Gasteiger partial charge in [-0.3, -0.25) is 4.79 Å². The maximum Gasteiger partial charge on any atom is 0.224 e. The number of ether oxygens (including phenoxy) is 2. The molecule has 1 amide bonds. The zero-order valence-corrected chi connectivity index (χ0v) is 17.4. The second-order valence-corrected chi connectivity index (χ2v) is 7.61. The van der Waals surface area contributed by atoms with Crippen LogP contribution in [-0.4, -0.2) is 73.3 Å². The molecule has 2 heterocycles. The second-order valence-electron chi connectivity index (χ2n) is 6.88. The molecule has 0 aliphatic carbocycles. The third-order valence-electron chi connectivity index (χ3n) is 4.74. The van der Waals surface area contributed by atoms with Gasteiger partial charge in [0.25, 0.3) is 0 Å². The lowest BCUT2D eigenvalue weighted by Gasteiger charge is -2.28. The summed E-state index contributed by atoms with van der Waals surface area (Å²) in [5, 5.41) is 0.842. The summed E-state index contributed by atoms with van der Waals surface area (Å²) in [5.74, 6) is 0.973. The van der Waals surface area contributed by atoms with E-state index >= 15 is 0 Å². The van der Waals surface area contributed by atoms with Crippen molar-refractivity contribution in [2.75, 3.05) is 58.0 Å². The van der Waals surface area contributed by atoms with Gasteiger partial charge in [0.05, 0.1) is 19.8 Å². The number of amides is 1. The molecule has 2 aromatic rings. The van der Waals surface area contributed by atoms with Crippen LogP contribution in [0, 0.1) is 6.92 Å². The average molecular weight is 405 g/mol. The molecule has 28 heavy (non-hydrogen) atoms. The van der Waals surface area contributed by atoms with Crippen molar-refractivity contribution in [3.05, 3.63) is 41.2 Å². The number of aromatic nitrogens is 2. The molecule has 0 N–H and O–H groups in total. The van der Waals surface area contributed by atoms with Gasteiger partial charge in [-0.15, -0.1) is 0 Å². The van der Waals surface area contributed by atoms with Crippen molar-refractivity contribution in [3.63, 3.8) is 0 Å². The molecule has 1 aromatic carbocycles. The van der Waals surface area contributed by atoms with Gasteiger partial charge in [-0.25, -0.2) is 4.98 Å². The monoisotopic (exact) mass is 404 g/mol. The predicted molar refractivity (Wildman–Crippen MR) is 110 cm³/mol. The van der Waals surface area contributed by atoms with Crippen LogP contribution in [-0.2, 0) is 20.7 Å². The Bertz CT molecular complexity index is 744. The van der Waals surface area contributed by atoms with Gasteiger partial charge < -0.3 is 19.3 Å². The molecule has 0 bridgehead atoms. The first-order chi connectivity index (χ1) is 13.7. The van der Waals surface area contributed by atoms with Crippen molar-refractivity contribution in [2.24, 2.45) is 0 Å². The predicted octanol–water partition coefficient (Wildman–Crippen LogP) is 2.14. The zero-order valence-electron chi connectivity index (χ0n) is 16.6. The third-order valence-corrected chi connectivity index (χ3v) is 5.55. The number of hydrogen-bond acceptors (Lipinski definition) is 7. The normalized spacial score (nSPS) is 14.3. The van der Waals surface area contributed by atoms with Gasteiger partial charge in [0, 0.05) is 57.7 Å². The van der Waals surface area contributed by atoms with Gasteiger partial charge in [-0.05, 0) is 12.5 Å². The van der Waals surface area contributed by atoms with Crippen LogP contribution in [0.2, 0.25) is 0 Å². The molecule has 8 heteroatoms. The van der Waals surface area contributed by atoms with E-state index in [0.29, 0.717) is 58.8 Å². The lowest BCUT2D eigenvalue weighted by atomic mass is 10.1. The lowest BCUT2D eigenvalue weighted by molar-refractivity contribution is -0.135. The number of aryl methyl sites for hydroxylation is 1. The molecule has 1 fully saturated rings. The number of carbonyl (C=O) groups excluding carboxylic acids is 1. The Kier molecular flexibility index (Phi) is 7.76. The summed E-state index contributed by atoms with van der Waals surface area (Å²) in [6, 6.07) is 8.43. The molecule has 0 saturated carbocycles. The van der Waals surface area contributed by atoms with Gasteiger partial charge in [0.15, 0.2) is 0 Å². The molecule has 0 radical (unpaired) electrons. The minimum atomic E-state index is 0.162. The molecule has 0 spiro atoms. The molecule has 0 atom stereocenters. The van der Waals surface area contributed by atoms with Crippen molar-refractivity contribution >= 4 is 22.6 Å². The van der Waals surface area contributed by atoms with E-state index in [9.17, 15) is 4.79 Å². The lowest BCUT2D eigenvalue weighted by Crippen LogP contribution is -2.42. The molecule has 1 aliphatic rings. The fraction of sp³-hybridized carbons (Fsp3) is 0.550. The summed E-state index contributed by atoms with van der Waals surface area (Å²) in [4.78, 5) is 21.1. The number of carbonyl (C=O) groups is 1. The number of morpholine rings is 1. The van der Waals surface area contributed by atoms with E-state index in [1.165, 1.54) is 22.7 Å². The van der Waals surface area contributed by atoms with Gasteiger partial charge in [-0.1, -0.05) is 29.8 Å². The smallest absolute Gasteiger partial charge is 0.224 e. The molecule has 3 rings (SSSR count). The quantitative estimate of drug-likeness (QED) is 0.638. The Morgan fingerprint density at radius 2 is 2.00 bits per heavy atom. The summed E-state index contributed by atoms with van der Waals surface area (Å²) in [6.45, 7) is 6.56. The van der Waals surface area contributed by atoms with Crippen molar-refractivity contribution in [2.45, 2.75) is 19.8 Å². The minimum absolute atomic E-state index is 0.162. The molecular weight excluding hydrogens is 376 g/mol. The number of rotatable bonds is 9. The highest BCUT2D eigenvalue weighted by Gasteiger charge is 2.19. The van der Waals surface area contributed by atoms with Gasteiger partial charge >= 0.3 is 0 Å². The zero-order chi connectivity index (χ0) is 19.8. The SMILES string of the molecule is COCCN(CCC(=O)N1CCOCC1)c1nc(Cc2ccc(C)cc2)ns1. The third kappa shape index (κ3) is 5.98. The molecule has 7 nitrogen and oxygen atoms in total. The van der Waals surface area contributed by atoms with Crippen LogP contribution in [0.3, 0.4) is 0 Å². The highest BCUT2D eigenvalue weighted by molar-refractivity contribution is 7.09. The van der Waals surface area contributed by atoms with Crippen molar-refractivity contribution < 1.29 is 14.3 Å². The highest BCUT2D eigenvalue weighted by atomic mass is 32.1. The van der Waals surface area contributed by atoms with E-state index in [4.69, 9.17) is 14.5 Å². The molecule has 0 unspecified atom stereocenters. The Morgan fingerprint density at radius 1 is 1.25 bits per heavy atom. The molecule has 1 aromatic heterocycles. The number of benzene rings is 1. The Balaban J connectivity index is 1.59. The van der Waals surface area contributed by atoms with E-state index in [2.05, 4.69) is 40.5 Å². The van der Waals surface area contributed by atoms with Crippen LogP contribution in [0.5, 0.6) is 0 Å². The largest absolute Gasteiger partial charge is 0.383 e.